The molecule has 1 atom stereocenters. The molecule has 2 aromatic rings. The zero-order valence-electron chi connectivity index (χ0n) is 11.3. The fraction of sp³-hybridized carbons (Fsp3) is 0.385. The Morgan fingerprint density at radius 2 is 2.19 bits per heavy atom. The number of ether oxygens (including phenoxy) is 1. The van der Waals surface area contributed by atoms with Crippen LogP contribution in [0.3, 0.4) is 0 Å². The maximum absolute atomic E-state index is 11.0. The minimum absolute atomic E-state index is 0.330. The number of hydrogen-bond donors (Lipinski definition) is 1. The first-order valence-electron chi connectivity index (χ1n) is 6.63. The third-order valence-electron chi connectivity index (χ3n) is 3.33. The number of benzene rings is 1. The number of hydrogen-bond acceptors (Lipinski definition) is 6. The molecular formula is C13H15N5O3. The minimum atomic E-state index is -0.942. The molecule has 0 spiro atoms. The lowest BCUT2D eigenvalue weighted by Crippen LogP contribution is -2.45. The van der Waals surface area contributed by atoms with Crippen molar-refractivity contribution in [1.29, 1.82) is 0 Å². The van der Waals surface area contributed by atoms with Crippen LogP contribution < -0.4 is 0 Å². The fourth-order valence-corrected chi connectivity index (χ4v) is 2.27. The highest BCUT2D eigenvalue weighted by molar-refractivity contribution is 5.72. The monoisotopic (exact) mass is 289 g/mol. The largest absolute Gasteiger partial charge is 0.479 e. The molecule has 0 radical (unpaired) electrons. The first kappa shape index (κ1) is 13.7. The molecule has 21 heavy (non-hydrogen) atoms. The highest BCUT2D eigenvalue weighted by atomic mass is 16.5. The van der Waals surface area contributed by atoms with E-state index in [1.54, 1.807) is 4.68 Å². The highest BCUT2D eigenvalue weighted by Gasteiger charge is 2.27. The number of tetrazole rings is 1. The summed E-state index contributed by atoms with van der Waals surface area (Å²) in [5.74, 6) is -0.269. The van der Waals surface area contributed by atoms with Crippen LogP contribution in [0.1, 0.15) is 5.82 Å². The van der Waals surface area contributed by atoms with Gasteiger partial charge >= 0.3 is 5.97 Å². The molecule has 0 amide bonds. The number of carboxylic acids is 1. The first-order valence-corrected chi connectivity index (χ1v) is 6.63. The summed E-state index contributed by atoms with van der Waals surface area (Å²) >= 11 is 0. The number of rotatable bonds is 4. The number of aromatic nitrogens is 4. The summed E-state index contributed by atoms with van der Waals surface area (Å²) in [5, 5.41) is 20.7. The van der Waals surface area contributed by atoms with E-state index in [1.807, 2.05) is 35.2 Å². The Morgan fingerprint density at radius 1 is 1.38 bits per heavy atom. The van der Waals surface area contributed by atoms with Crippen LogP contribution >= 0.6 is 0 Å². The van der Waals surface area contributed by atoms with Gasteiger partial charge in [-0.05, 0) is 22.6 Å². The Labute approximate surface area is 120 Å². The zero-order valence-corrected chi connectivity index (χ0v) is 11.3. The Morgan fingerprint density at radius 3 is 2.95 bits per heavy atom. The zero-order chi connectivity index (χ0) is 14.7. The second-order valence-corrected chi connectivity index (χ2v) is 4.78. The van der Waals surface area contributed by atoms with Gasteiger partial charge < -0.3 is 9.84 Å². The van der Waals surface area contributed by atoms with E-state index >= 15 is 0 Å². The molecule has 1 aliphatic rings. The first-order chi connectivity index (χ1) is 10.2. The number of para-hydroxylation sites is 1. The van der Waals surface area contributed by atoms with E-state index in [9.17, 15) is 4.79 Å². The van der Waals surface area contributed by atoms with Crippen molar-refractivity contribution in [3.05, 3.63) is 36.2 Å². The Bertz CT molecular complexity index is 615. The standard InChI is InChI=1S/C13H15N5O3/c19-13(20)11-8-17(6-7-21-11)9-12-14-15-16-18(12)10-4-2-1-3-5-10/h1-5,11H,6-9H2,(H,19,20). The molecule has 0 saturated carbocycles. The van der Waals surface area contributed by atoms with Crippen molar-refractivity contribution in [3.63, 3.8) is 0 Å². The molecule has 0 aliphatic carbocycles. The van der Waals surface area contributed by atoms with Crippen molar-refractivity contribution in [3.8, 4) is 5.69 Å². The van der Waals surface area contributed by atoms with Crippen molar-refractivity contribution < 1.29 is 14.6 Å². The molecular weight excluding hydrogens is 274 g/mol. The SMILES string of the molecule is O=C(O)C1CN(Cc2nnnn2-c2ccccc2)CCO1. The topological polar surface area (TPSA) is 93.4 Å². The van der Waals surface area contributed by atoms with Crippen molar-refractivity contribution in [1.82, 2.24) is 25.1 Å². The summed E-state index contributed by atoms with van der Waals surface area (Å²) in [6, 6.07) is 9.58. The molecule has 8 nitrogen and oxygen atoms in total. The van der Waals surface area contributed by atoms with E-state index in [0.29, 0.717) is 32.1 Å². The van der Waals surface area contributed by atoms with Crippen LogP contribution in [0, 0.1) is 0 Å². The molecule has 2 heterocycles. The van der Waals surface area contributed by atoms with Gasteiger partial charge in [0.25, 0.3) is 0 Å². The molecule has 1 saturated heterocycles. The summed E-state index contributed by atoms with van der Waals surface area (Å²) < 4.78 is 6.86. The van der Waals surface area contributed by atoms with Gasteiger partial charge in [0.2, 0.25) is 0 Å². The molecule has 110 valence electrons. The summed E-state index contributed by atoms with van der Waals surface area (Å²) in [4.78, 5) is 13.0. The summed E-state index contributed by atoms with van der Waals surface area (Å²) in [5.41, 5.74) is 0.876. The van der Waals surface area contributed by atoms with Gasteiger partial charge in [0.1, 0.15) is 0 Å². The maximum Gasteiger partial charge on any atom is 0.334 e. The predicted molar refractivity (Wildman–Crippen MR) is 71.8 cm³/mol. The smallest absolute Gasteiger partial charge is 0.334 e. The van der Waals surface area contributed by atoms with E-state index in [0.717, 1.165) is 5.69 Å². The average Bonchev–Trinajstić information content (AvgIpc) is 2.96. The normalized spacial score (nSPS) is 19.5. The maximum atomic E-state index is 11.0. The predicted octanol–water partition coefficient (Wildman–Crippen LogP) is -0.0523. The van der Waals surface area contributed by atoms with Crippen LogP contribution in [0.2, 0.25) is 0 Å². The van der Waals surface area contributed by atoms with E-state index in [1.165, 1.54) is 0 Å². The van der Waals surface area contributed by atoms with Gasteiger partial charge in [0, 0.05) is 13.1 Å². The molecule has 1 N–H and O–H groups in total. The highest BCUT2D eigenvalue weighted by Crippen LogP contribution is 2.12. The lowest BCUT2D eigenvalue weighted by Gasteiger charge is -2.30. The van der Waals surface area contributed by atoms with Crippen molar-refractivity contribution >= 4 is 5.97 Å². The quantitative estimate of drug-likeness (QED) is 0.843. The van der Waals surface area contributed by atoms with E-state index < -0.39 is 12.1 Å². The molecule has 0 bridgehead atoms. The van der Waals surface area contributed by atoms with E-state index in [2.05, 4.69) is 15.5 Å². The van der Waals surface area contributed by atoms with Crippen LogP contribution in [0.4, 0.5) is 0 Å². The van der Waals surface area contributed by atoms with Gasteiger partial charge in [-0.2, -0.15) is 4.68 Å². The Balaban J connectivity index is 1.74. The lowest BCUT2D eigenvalue weighted by molar-refractivity contribution is -0.156. The summed E-state index contributed by atoms with van der Waals surface area (Å²) in [7, 11) is 0. The Kier molecular flexibility index (Phi) is 3.89. The van der Waals surface area contributed by atoms with Gasteiger partial charge in [-0.1, -0.05) is 18.2 Å². The van der Waals surface area contributed by atoms with Crippen LogP contribution in [0.5, 0.6) is 0 Å². The number of morpholine rings is 1. The number of carboxylic acid groups (broad SMARTS) is 1. The molecule has 1 aromatic heterocycles. The van der Waals surface area contributed by atoms with Crippen LogP contribution in [0.15, 0.2) is 30.3 Å². The molecule has 3 rings (SSSR count). The second-order valence-electron chi connectivity index (χ2n) is 4.78. The molecule has 1 fully saturated rings. The minimum Gasteiger partial charge on any atom is -0.479 e. The third-order valence-corrected chi connectivity index (χ3v) is 3.33. The van der Waals surface area contributed by atoms with Crippen molar-refractivity contribution in [2.24, 2.45) is 0 Å². The van der Waals surface area contributed by atoms with Gasteiger partial charge in [0.15, 0.2) is 11.9 Å². The van der Waals surface area contributed by atoms with Crippen molar-refractivity contribution in [2.75, 3.05) is 19.7 Å². The number of nitrogens with zero attached hydrogens (tertiary/aromatic N) is 5. The van der Waals surface area contributed by atoms with E-state index in [-0.39, 0.29) is 0 Å². The Hall–Kier alpha value is -2.32. The van der Waals surface area contributed by atoms with Gasteiger partial charge in [-0.15, -0.1) is 5.10 Å². The van der Waals surface area contributed by atoms with E-state index in [4.69, 9.17) is 9.84 Å². The van der Waals surface area contributed by atoms with Gasteiger partial charge in [-0.3, -0.25) is 4.90 Å². The number of carbonyl (C=O) groups is 1. The summed E-state index contributed by atoms with van der Waals surface area (Å²) in [6.45, 7) is 1.86. The lowest BCUT2D eigenvalue weighted by atomic mass is 10.2. The van der Waals surface area contributed by atoms with Crippen LogP contribution in [-0.4, -0.2) is 62.0 Å². The average molecular weight is 289 g/mol. The van der Waals surface area contributed by atoms with Gasteiger partial charge in [0.05, 0.1) is 18.8 Å². The fourth-order valence-electron chi connectivity index (χ4n) is 2.27. The molecule has 1 aromatic carbocycles. The molecule has 1 aliphatic heterocycles. The van der Waals surface area contributed by atoms with Crippen LogP contribution in [0.25, 0.3) is 5.69 Å². The second kappa shape index (κ2) is 5.98. The molecule has 8 heteroatoms. The van der Waals surface area contributed by atoms with Gasteiger partial charge in [-0.25, -0.2) is 4.79 Å². The third kappa shape index (κ3) is 3.06. The summed E-state index contributed by atoms with van der Waals surface area (Å²) in [6.07, 6.45) is -0.792. The molecule has 1 unspecified atom stereocenters. The van der Waals surface area contributed by atoms with Crippen LogP contribution in [-0.2, 0) is 16.1 Å². The van der Waals surface area contributed by atoms with Crippen molar-refractivity contribution in [2.45, 2.75) is 12.6 Å². The number of aliphatic carboxylic acids is 1.